The van der Waals surface area contributed by atoms with Gasteiger partial charge in [0.1, 0.15) is 11.6 Å². The monoisotopic (exact) mass is 211 g/mol. The predicted molar refractivity (Wildman–Crippen MR) is 58.2 cm³/mol. The van der Waals surface area contributed by atoms with E-state index in [4.69, 9.17) is 17.0 Å². The van der Waals surface area contributed by atoms with Crippen LogP contribution in [0.3, 0.4) is 0 Å². The van der Waals surface area contributed by atoms with Gasteiger partial charge >= 0.3 is 0 Å². The second kappa shape index (κ2) is 4.72. The van der Waals surface area contributed by atoms with E-state index >= 15 is 0 Å². The molecule has 4 heteroatoms. The van der Waals surface area contributed by atoms with Crippen LogP contribution >= 0.6 is 12.2 Å². The lowest BCUT2D eigenvalue weighted by atomic mass is 10.2. The second-order valence-corrected chi connectivity index (χ2v) is 2.91. The molecule has 1 aromatic rings. The Morgan fingerprint density at radius 3 is 2.71 bits per heavy atom. The molecule has 0 heterocycles. The van der Waals surface area contributed by atoms with Gasteiger partial charge in [0, 0.05) is 7.05 Å². The van der Waals surface area contributed by atoms with E-state index < -0.39 is 0 Å². The molecular formula is C10H10FNOS. The molecule has 0 radical (unpaired) electrons. The standard InChI is InChI=1S/C10H10FNOS/c1-7(13-10(14)12-2)8-5-3-4-6-9(8)11/h3-6H,1H2,2H3,(H,12,14). The molecule has 0 amide bonds. The van der Waals surface area contributed by atoms with Crippen LogP contribution in [0.15, 0.2) is 30.8 Å². The summed E-state index contributed by atoms with van der Waals surface area (Å²) in [6, 6.07) is 6.22. The highest BCUT2D eigenvalue weighted by Crippen LogP contribution is 2.17. The van der Waals surface area contributed by atoms with Crippen LogP contribution < -0.4 is 5.32 Å². The van der Waals surface area contributed by atoms with Gasteiger partial charge in [0.15, 0.2) is 0 Å². The first-order chi connectivity index (χ1) is 6.65. The average Bonchev–Trinajstić information content (AvgIpc) is 2.18. The summed E-state index contributed by atoms with van der Waals surface area (Å²) in [5, 5.41) is 2.78. The zero-order valence-electron chi connectivity index (χ0n) is 7.71. The molecule has 0 aliphatic rings. The van der Waals surface area contributed by atoms with Gasteiger partial charge in [0.05, 0.1) is 5.56 Å². The molecule has 74 valence electrons. The van der Waals surface area contributed by atoms with Gasteiger partial charge in [0.25, 0.3) is 5.17 Å². The minimum Gasteiger partial charge on any atom is -0.432 e. The van der Waals surface area contributed by atoms with Gasteiger partial charge in [-0.2, -0.15) is 0 Å². The fourth-order valence-corrected chi connectivity index (χ4v) is 1.01. The van der Waals surface area contributed by atoms with Gasteiger partial charge in [-0.25, -0.2) is 4.39 Å². The number of hydrogen-bond donors (Lipinski definition) is 1. The van der Waals surface area contributed by atoms with Crippen molar-refractivity contribution in [1.82, 2.24) is 5.32 Å². The Hall–Kier alpha value is -1.42. The van der Waals surface area contributed by atoms with E-state index in [1.54, 1.807) is 25.2 Å². The Kier molecular flexibility index (Phi) is 3.59. The molecule has 0 bridgehead atoms. The number of nitrogens with one attached hydrogen (secondary N) is 1. The highest BCUT2D eigenvalue weighted by Gasteiger charge is 2.07. The molecule has 0 saturated heterocycles. The summed E-state index contributed by atoms with van der Waals surface area (Å²) in [4.78, 5) is 0. The maximum absolute atomic E-state index is 13.2. The summed E-state index contributed by atoms with van der Waals surface area (Å²) in [7, 11) is 1.62. The average molecular weight is 211 g/mol. The van der Waals surface area contributed by atoms with Crippen LogP contribution in [0.4, 0.5) is 4.39 Å². The van der Waals surface area contributed by atoms with Crippen molar-refractivity contribution in [2.75, 3.05) is 7.05 Å². The van der Waals surface area contributed by atoms with Crippen LogP contribution in [0, 0.1) is 5.82 Å². The molecule has 0 aliphatic carbocycles. The van der Waals surface area contributed by atoms with Crippen LogP contribution in [0.25, 0.3) is 5.76 Å². The number of benzene rings is 1. The Bertz CT molecular complexity index is 365. The van der Waals surface area contributed by atoms with Gasteiger partial charge in [-0.1, -0.05) is 18.7 Å². The first-order valence-corrected chi connectivity index (χ1v) is 4.39. The van der Waals surface area contributed by atoms with Crippen LogP contribution in [0.5, 0.6) is 0 Å². The van der Waals surface area contributed by atoms with Crippen LogP contribution in [0.2, 0.25) is 0 Å². The molecule has 1 rings (SSSR count). The van der Waals surface area contributed by atoms with Crippen molar-refractivity contribution >= 4 is 23.2 Å². The third-order valence-corrected chi connectivity index (χ3v) is 1.88. The van der Waals surface area contributed by atoms with Crippen LogP contribution in [-0.4, -0.2) is 12.2 Å². The zero-order valence-corrected chi connectivity index (χ0v) is 8.53. The zero-order chi connectivity index (χ0) is 10.6. The normalized spacial score (nSPS) is 9.29. The van der Waals surface area contributed by atoms with Crippen LogP contribution in [-0.2, 0) is 4.74 Å². The lowest BCUT2D eigenvalue weighted by molar-refractivity contribution is 0.493. The molecule has 2 nitrogen and oxygen atoms in total. The third kappa shape index (κ3) is 2.53. The Balaban J connectivity index is 2.80. The molecule has 0 atom stereocenters. The highest BCUT2D eigenvalue weighted by atomic mass is 32.1. The summed E-state index contributed by atoms with van der Waals surface area (Å²) in [5.74, 6) is -0.182. The molecule has 1 aromatic carbocycles. The Morgan fingerprint density at radius 2 is 2.14 bits per heavy atom. The molecule has 0 aliphatic heterocycles. The van der Waals surface area contributed by atoms with Crippen molar-refractivity contribution in [2.45, 2.75) is 0 Å². The van der Waals surface area contributed by atoms with Gasteiger partial charge in [-0.05, 0) is 24.4 Å². The number of rotatable bonds is 2. The minimum atomic E-state index is -0.378. The Morgan fingerprint density at radius 1 is 1.50 bits per heavy atom. The van der Waals surface area contributed by atoms with E-state index in [0.29, 0.717) is 5.56 Å². The topological polar surface area (TPSA) is 21.3 Å². The molecule has 1 N–H and O–H groups in total. The van der Waals surface area contributed by atoms with Crippen molar-refractivity contribution in [2.24, 2.45) is 0 Å². The SMILES string of the molecule is C=C(OC(=S)NC)c1ccccc1F. The molecule has 0 saturated carbocycles. The number of thiocarbonyl (C=S) groups is 1. The number of ether oxygens (including phenoxy) is 1. The van der Waals surface area contributed by atoms with E-state index in [1.165, 1.54) is 6.07 Å². The van der Waals surface area contributed by atoms with Gasteiger partial charge in [0.2, 0.25) is 0 Å². The number of hydrogen-bond acceptors (Lipinski definition) is 2. The highest BCUT2D eigenvalue weighted by molar-refractivity contribution is 7.80. The lowest BCUT2D eigenvalue weighted by Crippen LogP contribution is -2.18. The van der Waals surface area contributed by atoms with Gasteiger partial charge in [-0.15, -0.1) is 0 Å². The van der Waals surface area contributed by atoms with Crippen molar-refractivity contribution in [3.63, 3.8) is 0 Å². The second-order valence-electron chi connectivity index (χ2n) is 2.54. The Labute approximate surface area is 87.4 Å². The van der Waals surface area contributed by atoms with E-state index in [0.717, 1.165) is 0 Å². The molecule has 0 unspecified atom stereocenters. The fraction of sp³-hybridized carbons (Fsp3) is 0.100. The van der Waals surface area contributed by atoms with Crippen molar-refractivity contribution < 1.29 is 9.13 Å². The summed E-state index contributed by atoms with van der Waals surface area (Å²) < 4.78 is 18.2. The summed E-state index contributed by atoms with van der Waals surface area (Å²) in [6.45, 7) is 3.58. The van der Waals surface area contributed by atoms with Crippen molar-refractivity contribution in [3.8, 4) is 0 Å². The maximum atomic E-state index is 13.2. The van der Waals surface area contributed by atoms with Gasteiger partial charge < -0.3 is 10.1 Å². The van der Waals surface area contributed by atoms with E-state index in [-0.39, 0.29) is 16.8 Å². The van der Waals surface area contributed by atoms with E-state index in [1.807, 2.05) is 0 Å². The van der Waals surface area contributed by atoms with Crippen molar-refractivity contribution in [1.29, 1.82) is 0 Å². The molecule has 0 fully saturated rings. The van der Waals surface area contributed by atoms with E-state index in [2.05, 4.69) is 11.9 Å². The summed E-state index contributed by atoms with van der Waals surface area (Å²) in [6.07, 6.45) is 0. The minimum absolute atomic E-state index is 0.165. The molecular weight excluding hydrogens is 201 g/mol. The first-order valence-electron chi connectivity index (χ1n) is 3.98. The fourth-order valence-electron chi connectivity index (χ4n) is 0.905. The summed E-state index contributed by atoms with van der Waals surface area (Å²) in [5.41, 5.74) is 0.310. The van der Waals surface area contributed by atoms with Crippen molar-refractivity contribution in [3.05, 3.63) is 42.2 Å². The largest absolute Gasteiger partial charge is 0.432 e. The number of halogens is 1. The van der Waals surface area contributed by atoms with E-state index in [9.17, 15) is 4.39 Å². The molecule has 0 aromatic heterocycles. The smallest absolute Gasteiger partial charge is 0.261 e. The maximum Gasteiger partial charge on any atom is 0.261 e. The van der Waals surface area contributed by atoms with Gasteiger partial charge in [-0.3, -0.25) is 0 Å². The predicted octanol–water partition coefficient (Wildman–Crippen LogP) is 2.32. The first kappa shape index (κ1) is 10.7. The summed E-state index contributed by atoms with van der Waals surface area (Å²) >= 11 is 4.76. The quantitative estimate of drug-likeness (QED) is 0.599. The molecule has 14 heavy (non-hydrogen) atoms. The lowest BCUT2D eigenvalue weighted by Gasteiger charge is -2.09. The molecule has 0 spiro atoms. The van der Waals surface area contributed by atoms with Crippen LogP contribution in [0.1, 0.15) is 5.56 Å². The third-order valence-electron chi connectivity index (χ3n) is 1.59.